The molecule has 0 atom stereocenters. The minimum absolute atomic E-state index is 0.0694. The molecule has 1 amide bonds. The number of nitrogens with one attached hydrogen (secondary N) is 2. The fourth-order valence-electron chi connectivity index (χ4n) is 2.62. The Kier molecular flexibility index (Phi) is 4.80. The van der Waals surface area contributed by atoms with Gasteiger partial charge in [0.15, 0.2) is 0 Å². The Labute approximate surface area is 115 Å². The average molecular weight is 261 g/mol. The summed E-state index contributed by atoms with van der Waals surface area (Å²) in [4.78, 5) is 13.9. The lowest BCUT2D eigenvalue weighted by atomic mass is 9.98. The monoisotopic (exact) mass is 261 g/mol. The van der Waals surface area contributed by atoms with Gasteiger partial charge in [-0.05, 0) is 36.6 Å². The van der Waals surface area contributed by atoms with Crippen LogP contribution in [-0.4, -0.2) is 32.6 Å². The highest BCUT2D eigenvalue weighted by Crippen LogP contribution is 2.26. The van der Waals surface area contributed by atoms with Crippen LogP contribution >= 0.6 is 0 Å². The zero-order valence-electron chi connectivity index (χ0n) is 11.8. The van der Waals surface area contributed by atoms with Gasteiger partial charge in [-0.15, -0.1) is 0 Å². The number of carbonyl (C=O) groups is 1. The molecule has 4 heteroatoms. The van der Waals surface area contributed by atoms with Crippen molar-refractivity contribution in [2.75, 3.05) is 31.6 Å². The lowest BCUT2D eigenvalue weighted by molar-refractivity contribution is -0.119. The molecule has 1 aromatic rings. The van der Waals surface area contributed by atoms with Crippen molar-refractivity contribution in [3.63, 3.8) is 0 Å². The summed E-state index contributed by atoms with van der Waals surface area (Å²) in [5.74, 6) is 0.0694. The highest BCUT2D eigenvalue weighted by molar-refractivity contribution is 5.81. The first-order valence-electron chi connectivity index (χ1n) is 7.03. The molecule has 1 aliphatic heterocycles. The molecule has 0 unspecified atom stereocenters. The summed E-state index contributed by atoms with van der Waals surface area (Å²) in [5.41, 5.74) is 3.99. The van der Waals surface area contributed by atoms with Crippen LogP contribution in [0.2, 0.25) is 0 Å². The van der Waals surface area contributed by atoms with Crippen LogP contribution in [0.5, 0.6) is 0 Å². The first kappa shape index (κ1) is 13.9. The fourth-order valence-corrected chi connectivity index (χ4v) is 2.62. The molecule has 1 aliphatic rings. The molecule has 4 nitrogen and oxygen atoms in total. The van der Waals surface area contributed by atoms with E-state index in [0.29, 0.717) is 6.54 Å². The molecule has 2 N–H and O–H groups in total. The van der Waals surface area contributed by atoms with Crippen LogP contribution in [0, 0.1) is 0 Å². The van der Waals surface area contributed by atoms with Crippen molar-refractivity contribution in [2.24, 2.45) is 0 Å². The van der Waals surface area contributed by atoms with E-state index in [1.165, 1.54) is 16.8 Å². The van der Waals surface area contributed by atoms with Crippen molar-refractivity contribution in [2.45, 2.75) is 26.3 Å². The number of rotatable bonds is 5. The number of anilines is 1. The summed E-state index contributed by atoms with van der Waals surface area (Å²) >= 11 is 0. The molecule has 1 heterocycles. The number of benzene rings is 1. The van der Waals surface area contributed by atoms with Gasteiger partial charge in [0.2, 0.25) is 5.91 Å². The Hall–Kier alpha value is -1.55. The topological polar surface area (TPSA) is 44.4 Å². The average Bonchev–Trinajstić information content (AvgIpc) is 2.46. The number of nitrogens with zero attached hydrogens (tertiary/aromatic N) is 1. The van der Waals surface area contributed by atoms with Gasteiger partial charge in [0, 0.05) is 25.8 Å². The lowest BCUT2D eigenvalue weighted by Gasteiger charge is -2.29. The molecule has 0 saturated heterocycles. The summed E-state index contributed by atoms with van der Waals surface area (Å²) in [6.07, 6.45) is 2.08. The Morgan fingerprint density at radius 1 is 1.47 bits per heavy atom. The Morgan fingerprint density at radius 3 is 3.05 bits per heavy atom. The minimum atomic E-state index is 0.0694. The van der Waals surface area contributed by atoms with Gasteiger partial charge in [0.05, 0.1) is 6.54 Å². The van der Waals surface area contributed by atoms with Crippen molar-refractivity contribution >= 4 is 11.6 Å². The van der Waals surface area contributed by atoms with Crippen LogP contribution in [0.15, 0.2) is 18.2 Å². The van der Waals surface area contributed by atoms with Crippen molar-refractivity contribution in [1.29, 1.82) is 0 Å². The quantitative estimate of drug-likeness (QED) is 0.839. The third-order valence-corrected chi connectivity index (χ3v) is 3.56. The van der Waals surface area contributed by atoms with Crippen LogP contribution in [0.3, 0.4) is 0 Å². The standard InChI is InChI=1S/C15H23N3O/c1-3-9-18(11-15(19)16-2)14-6-4-5-12-10-17-8-7-13(12)14/h4-6,17H,3,7-11H2,1-2H3,(H,16,19). The van der Waals surface area contributed by atoms with Gasteiger partial charge in [0.1, 0.15) is 0 Å². The first-order chi connectivity index (χ1) is 9.26. The number of hydrogen-bond acceptors (Lipinski definition) is 3. The number of amides is 1. The Morgan fingerprint density at radius 2 is 2.32 bits per heavy atom. The molecule has 0 radical (unpaired) electrons. The molecule has 2 rings (SSSR count). The summed E-state index contributed by atoms with van der Waals surface area (Å²) in [5, 5.41) is 6.10. The maximum absolute atomic E-state index is 11.7. The number of hydrogen-bond donors (Lipinski definition) is 2. The second kappa shape index (κ2) is 6.57. The molecule has 0 saturated carbocycles. The predicted octanol–water partition coefficient (Wildman–Crippen LogP) is 1.29. The molecular weight excluding hydrogens is 238 g/mol. The van der Waals surface area contributed by atoms with E-state index in [1.807, 2.05) is 0 Å². The highest BCUT2D eigenvalue weighted by atomic mass is 16.1. The molecule has 0 spiro atoms. The van der Waals surface area contributed by atoms with Crippen LogP contribution in [0.4, 0.5) is 5.69 Å². The zero-order valence-corrected chi connectivity index (χ0v) is 11.8. The zero-order chi connectivity index (χ0) is 13.7. The van der Waals surface area contributed by atoms with Gasteiger partial charge in [-0.1, -0.05) is 19.1 Å². The van der Waals surface area contributed by atoms with Gasteiger partial charge in [-0.3, -0.25) is 4.79 Å². The first-order valence-corrected chi connectivity index (χ1v) is 7.03. The van der Waals surface area contributed by atoms with Crippen molar-refractivity contribution in [3.8, 4) is 0 Å². The van der Waals surface area contributed by atoms with Gasteiger partial charge in [-0.2, -0.15) is 0 Å². The number of likely N-dealkylation sites (N-methyl/N-ethyl adjacent to an activating group) is 1. The van der Waals surface area contributed by atoms with Crippen molar-refractivity contribution in [1.82, 2.24) is 10.6 Å². The molecule has 19 heavy (non-hydrogen) atoms. The van der Waals surface area contributed by atoms with Gasteiger partial charge < -0.3 is 15.5 Å². The normalized spacial score (nSPS) is 13.8. The minimum Gasteiger partial charge on any atom is -0.362 e. The van der Waals surface area contributed by atoms with E-state index in [-0.39, 0.29) is 5.91 Å². The van der Waals surface area contributed by atoms with Gasteiger partial charge in [-0.25, -0.2) is 0 Å². The second-order valence-electron chi connectivity index (χ2n) is 4.94. The summed E-state index contributed by atoms with van der Waals surface area (Å²) in [7, 11) is 1.69. The smallest absolute Gasteiger partial charge is 0.239 e. The van der Waals surface area contributed by atoms with E-state index in [2.05, 4.69) is 40.7 Å². The SMILES string of the molecule is CCCN(CC(=O)NC)c1cccc2c1CCNC2. The fraction of sp³-hybridized carbons (Fsp3) is 0.533. The lowest BCUT2D eigenvalue weighted by Crippen LogP contribution is -2.37. The van der Waals surface area contributed by atoms with E-state index < -0.39 is 0 Å². The number of carbonyl (C=O) groups excluding carboxylic acids is 1. The highest BCUT2D eigenvalue weighted by Gasteiger charge is 2.17. The van der Waals surface area contributed by atoms with E-state index >= 15 is 0 Å². The van der Waals surface area contributed by atoms with Crippen LogP contribution in [0.1, 0.15) is 24.5 Å². The molecule has 104 valence electrons. The molecule has 0 aromatic heterocycles. The number of fused-ring (bicyclic) bond motifs is 1. The van der Waals surface area contributed by atoms with E-state index in [4.69, 9.17) is 0 Å². The van der Waals surface area contributed by atoms with Crippen LogP contribution < -0.4 is 15.5 Å². The molecular formula is C15H23N3O. The predicted molar refractivity (Wildman–Crippen MR) is 78.4 cm³/mol. The van der Waals surface area contributed by atoms with Gasteiger partial charge in [0.25, 0.3) is 0 Å². The van der Waals surface area contributed by atoms with Crippen molar-refractivity contribution < 1.29 is 4.79 Å². The van der Waals surface area contributed by atoms with Gasteiger partial charge >= 0.3 is 0 Å². The van der Waals surface area contributed by atoms with E-state index in [0.717, 1.165) is 32.5 Å². The third-order valence-electron chi connectivity index (χ3n) is 3.56. The summed E-state index contributed by atoms with van der Waals surface area (Å²) in [6.45, 7) is 5.45. The van der Waals surface area contributed by atoms with Crippen LogP contribution in [0.25, 0.3) is 0 Å². The maximum Gasteiger partial charge on any atom is 0.239 e. The summed E-state index contributed by atoms with van der Waals surface area (Å²) < 4.78 is 0. The second-order valence-corrected chi connectivity index (χ2v) is 4.94. The van der Waals surface area contributed by atoms with Crippen LogP contribution in [-0.2, 0) is 17.8 Å². The van der Waals surface area contributed by atoms with Crippen molar-refractivity contribution in [3.05, 3.63) is 29.3 Å². The Balaban J connectivity index is 2.27. The van der Waals surface area contributed by atoms with E-state index in [1.54, 1.807) is 7.05 Å². The molecule has 0 fully saturated rings. The molecule has 0 aliphatic carbocycles. The maximum atomic E-state index is 11.7. The Bertz CT molecular complexity index is 445. The summed E-state index contributed by atoms with van der Waals surface area (Å²) in [6, 6.07) is 6.41. The third kappa shape index (κ3) is 3.26. The largest absolute Gasteiger partial charge is 0.362 e. The van der Waals surface area contributed by atoms with E-state index in [9.17, 15) is 4.79 Å². The molecule has 1 aromatic carbocycles. The molecule has 0 bridgehead atoms.